The molecule has 11 heavy (non-hydrogen) atoms. The van der Waals surface area contributed by atoms with Crippen molar-refractivity contribution in [2.24, 2.45) is 7.05 Å². The summed E-state index contributed by atoms with van der Waals surface area (Å²) in [6, 6.07) is 0. The first-order valence-corrected chi connectivity index (χ1v) is 4.52. The van der Waals surface area contributed by atoms with E-state index in [-0.39, 0.29) is 0 Å². The minimum atomic E-state index is 0.490. The van der Waals surface area contributed by atoms with Crippen molar-refractivity contribution in [3.63, 3.8) is 0 Å². The number of nitrogens with zero attached hydrogens (tertiary/aromatic N) is 2. The predicted octanol–water partition coefficient (Wildman–Crippen LogP) is 2.61. The Labute approximate surface area is 75.8 Å². The third-order valence-corrected chi connectivity index (χ3v) is 2.76. The summed E-state index contributed by atoms with van der Waals surface area (Å²) < 4.78 is 3.15. The van der Waals surface area contributed by atoms with Crippen LogP contribution in [0.5, 0.6) is 0 Å². The molecule has 0 aliphatic carbocycles. The Kier molecular flexibility index (Phi) is 2.37. The van der Waals surface area contributed by atoms with Crippen LogP contribution in [0.25, 0.3) is 0 Å². The maximum Gasteiger partial charge on any atom is 0.108 e. The molecule has 0 amide bonds. The number of halogens is 1. The Morgan fingerprint density at radius 2 is 2.00 bits per heavy atom. The number of imidazole rings is 1. The Balaban J connectivity index is 3.19. The first-order valence-electron chi connectivity index (χ1n) is 3.72. The van der Waals surface area contributed by atoms with E-state index in [1.165, 1.54) is 0 Å². The fraction of sp³-hybridized carbons (Fsp3) is 0.625. The van der Waals surface area contributed by atoms with Gasteiger partial charge in [-0.15, -0.1) is 0 Å². The fourth-order valence-corrected chi connectivity index (χ4v) is 1.78. The highest BCUT2D eigenvalue weighted by Gasteiger charge is 2.11. The van der Waals surface area contributed by atoms with E-state index in [4.69, 9.17) is 0 Å². The molecule has 0 aliphatic rings. The SMILES string of the molecule is Cc1nc(C(C)C)c(Br)n1C. The summed E-state index contributed by atoms with van der Waals surface area (Å²) in [7, 11) is 2.01. The Morgan fingerprint density at radius 3 is 2.18 bits per heavy atom. The molecule has 0 bridgehead atoms. The van der Waals surface area contributed by atoms with Crippen LogP contribution in [0.3, 0.4) is 0 Å². The molecular formula is C8H13BrN2. The standard InChI is InChI=1S/C8H13BrN2/c1-5(2)7-8(9)11(4)6(3)10-7/h5H,1-4H3. The van der Waals surface area contributed by atoms with Crippen molar-refractivity contribution in [1.29, 1.82) is 0 Å². The molecule has 1 rings (SSSR count). The lowest BCUT2D eigenvalue weighted by Gasteiger charge is -2.00. The number of hydrogen-bond acceptors (Lipinski definition) is 1. The third-order valence-electron chi connectivity index (χ3n) is 1.82. The van der Waals surface area contributed by atoms with Gasteiger partial charge < -0.3 is 4.57 Å². The van der Waals surface area contributed by atoms with Crippen molar-refractivity contribution in [2.75, 3.05) is 0 Å². The largest absolute Gasteiger partial charge is 0.326 e. The minimum Gasteiger partial charge on any atom is -0.326 e. The van der Waals surface area contributed by atoms with Crippen molar-refractivity contribution in [1.82, 2.24) is 9.55 Å². The number of aryl methyl sites for hydroxylation is 1. The molecule has 62 valence electrons. The summed E-state index contributed by atoms with van der Waals surface area (Å²) in [6.45, 7) is 6.30. The van der Waals surface area contributed by atoms with E-state index >= 15 is 0 Å². The zero-order valence-electron chi connectivity index (χ0n) is 7.35. The van der Waals surface area contributed by atoms with Crippen molar-refractivity contribution < 1.29 is 0 Å². The lowest BCUT2D eigenvalue weighted by molar-refractivity contribution is 0.816. The first kappa shape index (κ1) is 8.78. The topological polar surface area (TPSA) is 17.8 Å². The molecule has 1 aromatic rings. The second-order valence-corrected chi connectivity index (χ2v) is 3.80. The molecule has 0 spiro atoms. The second kappa shape index (κ2) is 2.97. The summed E-state index contributed by atoms with van der Waals surface area (Å²) in [5, 5.41) is 0. The van der Waals surface area contributed by atoms with Gasteiger partial charge in [-0.2, -0.15) is 0 Å². The van der Waals surface area contributed by atoms with Gasteiger partial charge in [-0.1, -0.05) is 13.8 Å². The molecule has 1 heterocycles. The van der Waals surface area contributed by atoms with Gasteiger partial charge >= 0.3 is 0 Å². The van der Waals surface area contributed by atoms with Crippen LogP contribution in [-0.2, 0) is 7.05 Å². The van der Waals surface area contributed by atoms with E-state index in [2.05, 4.69) is 39.3 Å². The van der Waals surface area contributed by atoms with Crippen molar-refractivity contribution >= 4 is 15.9 Å². The van der Waals surface area contributed by atoms with Crippen LogP contribution in [0.15, 0.2) is 4.60 Å². The molecule has 0 aromatic carbocycles. The highest BCUT2D eigenvalue weighted by Crippen LogP contribution is 2.23. The van der Waals surface area contributed by atoms with Gasteiger partial charge in [0.15, 0.2) is 0 Å². The summed E-state index contributed by atoms with van der Waals surface area (Å²) >= 11 is 3.50. The molecule has 0 saturated heterocycles. The van der Waals surface area contributed by atoms with Gasteiger partial charge in [-0.3, -0.25) is 0 Å². The van der Waals surface area contributed by atoms with Gasteiger partial charge in [-0.05, 0) is 28.8 Å². The van der Waals surface area contributed by atoms with E-state index in [0.29, 0.717) is 5.92 Å². The Hall–Kier alpha value is -0.310. The van der Waals surface area contributed by atoms with E-state index < -0.39 is 0 Å². The summed E-state index contributed by atoms with van der Waals surface area (Å²) in [6.07, 6.45) is 0. The highest BCUT2D eigenvalue weighted by molar-refractivity contribution is 9.10. The maximum atomic E-state index is 4.43. The van der Waals surface area contributed by atoms with Gasteiger partial charge in [0.2, 0.25) is 0 Å². The zero-order chi connectivity index (χ0) is 8.59. The van der Waals surface area contributed by atoms with E-state index in [9.17, 15) is 0 Å². The number of aromatic nitrogens is 2. The van der Waals surface area contributed by atoms with E-state index in [0.717, 1.165) is 16.1 Å². The van der Waals surface area contributed by atoms with E-state index in [1.807, 2.05) is 14.0 Å². The van der Waals surface area contributed by atoms with Gasteiger partial charge in [0.25, 0.3) is 0 Å². The average molecular weight is 217 g/mol. The van der Waals surface area contributed by atoms with Crippen molar-refractivity contribution in [3.8, 4) is 0 Å². The lowest BCUT2D eigenvalue weighted by Crippen LogP contribution is -1.91. The summed E-state index contributed by atoms with van der Waals surface area (Å²) in [5.74, 6) is 1.55. The monoisotopic (exact) mass is 216 g/mol. The molecule has 0 aliphatic heterocycles. The summed E-state index contributed by atoms with van der Waals surface area (Å²) in [5.41, 5.74) is 1.14. The van der Waals surface area contributed by atoms with Crippen LogP contribution in [0, 0.1) is 6.92 Å². The molecular weight excluding hydrogens is 204 g/mol. The van der Waals surface area contributed by atoms with Crippen LogP contribution < -0.4 is 0 Å². The molecule has 0 fully saturated rings. The number of rotatable bonds is 1. The minimum absolute atomic E-state index is 0.490. The van der Waals surface area contributed by atoms with Gasteiger partial charge in [0, 0.05) is 7.05 Å². The normalized spacial score (nSPS) is 11.1. The highest BCUT2D eigenvalue weighted by atomic mass is 79.9. The first-order chi connectivity index (χ1) is 5.04. The van der Waals surface area contributed by atoms with Crippen LogP contribution in [0.4, 0.5) is 0 Å². The van der Waals surface area contributed by atoms with Crippen LogP contribution in [0.2, 0.25) is 0 Å². The van der Waals surface area contributed by atoms with Crippen LogP contribution in [-0.4, -0.2) is 9.55 Å². The average Bonchev–Trinajstić information content (AvgIpc) is 2.17. The smallest absolute Gasteiger partial charge is 0.108 e. The lowest BCUT2D eigenvalue weighted by atomic mass is 10.2. The van der Waals surface area contributed by atoms with Gasteiger partial charge in [-0.25, -0.2) is 4.98 Å². The third kappa shape index (κ3) is 1.48. The van der Waals surface area contributed by atoms with Crippen LogP contribution >= 0.6 is 15.9 Å². The summed E-state index contributed by atoms with van der Waals surface area (Å²) in [4.78, 5) is 4.43. The molecule has 0 atom stereocenters. The number of hydrogen-bond donors (Lipinski definition) is 0. The molecule has 0 N–H and O–H groups in total. The Bertz CT molecular complexity index is 263. The molecule has 0 saturated carbocycles. The molecule has 0 unspecified atom stereocenters. The van der Waals surface area contributed by atoms with E-state index in [1.54, 1.807) is 0 Å². The van der Waals surface area contributed by atoms with Gasteiger partial charge in [0.05, 0.1) is 5.69 Å². The second-order valence-electron chi connectivity index (χ2n) is 3.05. The molecule has 1 aromatic heterocycles. The van der Waals surface area contributed by atoms with Gasteiger partial charge in [0.1, 0.15) is 10.4 Å². The predicted molar refractivity (Wildman–Crippen MR) is 49.7 cm³/mol. The maximum absolute atomic E-state index is 4.43. The quantitative estimate of drug-likeness (QED) is 0.706. The van der Waals surface area contributed by atoms with Crippen molar-refractivity contribution in [3.05, 3.63) is 16.1 Å². The van der Waals surface area contributed by atoms with Crippen molar-refractivity contribution in [2.45, 2.75) is 26.7 Å². The fourth-order valence-electron chi connectivity index (χ4n) is 0.977. The molecule has 0 radical (unpaired) electrons. The molecule has 2 nitrogen and oxygen atoms in total. The Morgan fingerprint density at radius 1 is 1.45 bits per heavy atom. The van der Waals surface area contributed by atoms with Crippen LogP contribution in [0.1, 0.15) is 31.3 Å². The molecule has 3 heteroatoms. The zero-order valence-corrected chi connectivity index (χ0v) is 8.94.